The van der Waals surface area contributed by atoms with E-state index in [2.05, 4.69) is 102 Å². The van der Waals surface area contributed by atoms with Crippen LogP contribution in [0.3, 0.4) is 0 Å². The summed E-state index contributed by atoms with van der Waals surface area (Å²) < 4.78 is 26.6. The van der Waals surface area contributed by atoms with Crippen LogP contribution in [0.25, 0.3) is 44.1 Å². The molecule has 4 aromatic carbocycles. The van der Waals surface area contributed by atoms with E-state index in [1.807, 2.05) is 55.8 Å². The van der Waals surface area contributed by atoms with Gasteiger partial charge in [0.05, 0.1) is 16.6 Å². The van der Waals surface area contributed by atoms with Crippen LogP contribution in [0.4, 0.5) is 16.7 Å². The first-order chi connectivity index (χ1) is 29.8. The van der Waals surface area contributed by atoms with E-state index >= 15 is 0 Å². The molecule has 2 aliphatic rings. The third kappa shape index (κ3) is 11.0. The van der Waals surface area contributed by atoms with Gasteiger partial charge in [-0.05, 0) is 86.6 Å². The number of fused-ring (bicyclic) bond motifs is 2. The van der Waals surface area contributed by atoms with E-state index in [-0.39, 0.29) is 0 Å². The quantitative estimate of drug-likeness (QED) is 0.122. The fourth-order valence-corrected chi connectivity index (χ4v) is 8.60. The molecule has 1 amide bonds. The number of nitrogens with zero attached hydrogens (tertiary/aromatic N) is 9. The number of hydrogen-bond acceptors (Lipinski definition) is 11. The highest BCUT2D eigenvalue weighted by Crippen LogP contribution is 2.28. The van der Waals surface area contributed by atoms with E-state index in [0.29, 0.717) is 38.3 Å². The number of benzene rings is 4. The second kappa shape index (κ2) is 20.0. The largest absolute Gasteiger partial charge is 0.465 e. The lowest BCUT2D eigenvalue weighted by molar-refractivity contribution is 0.146. The summed E-state index contributed by atoms with van der Waals surface area (Å²) in [6.07, 6.45) is 4.76. The molecular weight excluding hydrogens is 801 g/mol. The van der Waals surface area contributed by atoms with Gasteiger partial charge < -0.3 is 24.7 Å². The van der Waals surface area contributed by atoms with E-state index < -0.39 is 21.4 Å². The number of amides is 1. The summed E-state index contributed by atoms with van der Waals surface area (Å²) in [5, 5.41) is 13.4. The molecule has 326 valence electrons. The fourth-order valence-electron chi connectivity index (χ4n) is 7.89. The van der Waals surface area contributed by atoms with E-state index in [4.69, 9.17) is 15.1 Å². The number of rotatable bonds is 14. The minimum Gasteiger partial charge on any atom is -0.465 e. The zero-order valence-electron chi connectivity index (χ0n) is 36.3. The maximum atomic E-state index is 11.9. The smallest absolute Gasteiger partial charge is 0.407 e. The van der Waals surface area contributed by atoms with E-state index in [1.54, 1.807) is 20.9 Å². The maximum absolute atomic E-state index is 11.9. The molecule has 0 saturated carbocycles. The number of likely N-dealkylation sites (N-methyl/N-ethyl adjacent to an activating group) is 3. The Kier molecular flexibility index (Phi) is 14.3. The molecule has 15 heteroatoms. The number of sulfonamides is 1. The summed E-state index contributed by atoms with van der Waals surface area (Å²) in [6, 6.07) is 34.0. The molecule has 2 saturated heterocycles. The zero-order valence-corrected chi connectivity index (χ0v) is 37.1. The third-order valence-corrected chi connectivity index (χ3v) is 13.9. The van der Waals surface area contributed by atoms with Gasteiger partial charge in [0.2, 0.25) is 21.9 Å². The molecule has 2 atom stereocenters. The molecule has 0 aliphatic carbocycles. The number of hydrogen-bond donors (Lipinski definition) is 2. The normalized spacial score (nSPS) is 16.7. The van der Waals surface area contributed by atoms with Crippen LogP contribution < -0.4 is 14.5 Å². The molecular formula is C47H58N10O4S. The Hall–Kier alpha value is -5.74. The van der Waals surface area contributed by atoms with Gasteiger partial charge in [0.1, 0.15) is 0 Å². The SMILES string of the molecule is CC(C)S(=O)(=O)NCCN(C)[C@@H]1CCN(c2nccc(-c3ccc4ccccc4c3)n2)C1.CN(CCN(C)[C@@H]1CCN(c2nccc(-c3ccc4ccccc4c3)n2)C1)C(=O)O. The Labute approximate surface area is 365 Å². The summed E-state index contributed by atoms with van der Waals surface area (Å²) in [4.78, 5) is 39.9. The molecule has 0 spiro atoms. The summed E-state index contributed by atoms with van der Waals surface area (Å²) in [6.45, 7) is 9.11. The van der Waals surface area contributed by atoms with Crippen molar-refractivity contribution in [2.75, 3.05) is 83.3 Å². The molecule has 8 rings (SSSR count). The summed E-state index contributed by atoms with van der Waals surface area (Å²) in [7, 11) is 2.47. The van der Waals surface area contributed by atoms with Gasteiger partial charge in [0.25, 0.3) is 0 Å². The van der Waals surface area contributed by atoms with Crippen molar-refractivity contribution in [3.05, 3.63) is 109 Å². The van der Waals surface area contributed by atoms with Crippen molar-refractivity contribution >= 4 is 49.6 Å². The summed E-state index contributed by atoms with van der Waals surface area (Å²) >= 11 is 0. The predicted octanol–water partition coefficient (Wildman–Crippen LogP) is 6.55. The molecule has 14 nitrogen and oxygen atoms in total. The zero-order chi connectivity index (χ0) is 43.8. The van der Waals surface area contributed by atoms with Crippen molar-refractivity contribution in [2.45, 2.75) is 44.0 Å². The van der Waals surface area contributed by atoms with E-state index in [0.717, 1.165) is 73.4 Å². The topological polar surface area (TPSA) is 151 Å². The van der Waals surface area contributed by atoms with Crippen LogP contribution in [0.15, 0.2) is 109 Å². The third-order valence-electron chi connectivity index (χ3n) is 12.0. The molecule has 62 heavy (non-hydrogen) atoms. The van der Waals surface area contributed by atoms with Crippen LogP contribution in [0.5, 0.6) is 0 Å². The van der Waals surface area contributed by atoms with Crippen LogP contribution in [0.2, 0.25) is 0 Å². The van der Waals surface area contributed by atoms with Crippen LogP contribution in [-0.4, -0.2) is 145 Å². The summed E-state index contributed by atoms with van der Waals surface area (Å²) in [5.74, 6) is 1.49. The van der Waals surface area contributed by atoms with Gasteiger partial charge >= 0.3 is 6.09 Å². The standard InChI is InChI=1S/C24H31N5O2S.C23H27N5O2/c1-18(2)32(30,31)26-13-15-28(3)22-11-14-29(17-22)24-25-12-10-23(27-24)21-9-8-19-6-4-5-7-20(19)16-21;1-26(13-14-27(2)23(29)30)20-10-12-28(16-20)22-24-11-9-21(25-22)19-8-7-17-5-3-4-6-18(17)15-19/h4-10,12,16,18,22,26H,11,13-15,17H2,1-3H3;3-9,11,15,20H,10,12-14,16H2,1-2H3,(H,29,30)/t22-;20-/m11/s1. The molecule has 0 bridgehead atoms. The average molecular weight is 859 g/mol. The molecule has 2 aromatic heterocycles. The van der Waals surface area contributed by atoms with E-state index in [1.165, 1.54) is 26.4 Å². The number of anilines is 2. The molecule has 2 fully saturated rings. The molecule has 6 aromatic rings. The molecule has 2 aliphatic heterocycles. The molecule has 0 unspecified atom stereocenters. The Bertz CT molecular complexity index is 2580. The highest BCUT2D eigenvalue weighted by atomic mass is 32.2. The highest BCUT2D eigenvalue weighted by molar-refractivity contribution is 7.90. The molecule has 2 N–H and O–H groups in total. The molecule has 4 heterocycles. The van der Waals surface area contributed by atoms with Gasteiger partial charge in [-0.15, -0.1) is 0 Å². The lowest BCUT2D eigenvalue weighted by atomic mass is 10.1. The monoisotopic (exact) mass is 858 g/mol. The maximum Gasteiger partial charge on any atom is 0.407 e. The Morgan fingerprint density at radius 3 is 1.63 bits per heavy atom. The van der Waals surface area contributed by atoms with E-state index in [9.17, 15) is 13.2 Å². The second-order valence-electron chi connectivity index (χ2n) is 16.5. The van der Waals surface area contributed by atoms with Crippen molar-refractivity contribution in [3.63, 3.8) is 0 Å². The minimum atomic E-state index is -3.22. The number of carbonyl (C=O) groups is 1. The predicted molar refractivity (Wildman–Crippen MR) is 249 cm³/mol. The fraction of sp³-hybridized carbons (Fsp3) is 0.383. The Balaban J connectivity index is 0.000000187. The first kappa shape index (κ1) is 44.3. The molecule has 0 radical (unpaired) electrons. The van der Waals surface area contributed by atoms with Gasteiger partial charge in [-0.25, -0.2) is 37.9 Å². The first-order valence-corrected chi connectivity index (χ1v) is 22.9. The minimum absolute atomic E-state index is 0.339. The number of aromatic nitrogens is 4. The lowest BCUT2D eigenvalue weighted by Gasteiger charge is -2.26. The van der Waals surface area contributed by atoms with Crippen molar-refractivity contribution in [2.24, 2.45) is 0 Å². The van der Waals surface area contributed by atoms with Gasteiger partial charge in [0.15, 0.2) is 0 Å². The van der Waals surface area contributed by atoms with Crippen molar-refractivity contribution in [1.82, 2.24) is 39.4 Å². The summed E-state index contributed by atoms with van der Waals surface area (Å²) in [5.41, 5.74) is 4.01. The Morgan fingerprint density at radius 1 is 0.694 bits per heavy atom. The Morgan fingerprint density at radius 2 is 1.16 bits per heavy atom. The van der Waals surface area contributed by atoms with Gasteiger partial charge in [-0.1, -0.05) is 72.8 Å². The van der Waals surface area contributed by atoms with Crippen LogP contribution in [0, 0.1) is 0 Å². The van der Waals surface area contributed by atoms with Crippen molar-refractivity contribution in [3.8, 4) is 22.5 Å². The van der Waals surface area contributed by atoms with Crippen LogP contribution in [-0.2, 0) is 10.0 Å². The van der Waals surface area contributed by atoms with Crippen LogP contribution >= 0.6 is 0 Å². The van der Waals surface area contributed by atoms with Gasteiger partial charge in [-0.2, -0.15) is 0 Å². The van der Waals surface area contributed by atoms with Crippen LogP contribution in [0.1, 0.15) is 26.7 Å². The van der Waals surface area contributed by atoms with Crippen molar-refractivity contribution in [1.29, 1.82) is 0 Å². The van der Waals surface area contributed by atoms with Gasteiger partial charge in [0, 0.05) is 95.0 Å². The number of nitrogens with one attached hydrogen (secondary N) is 1. The average Bonchev–Trinajstić information content (AvgIpc) is 4.00. The van der Waals surface area contributed by atoms with Gasteiger partial charge in [-0.3, -0.25) is 4.90 Å². The van der Waals surface area contributed by atoms with Crippen molar-refractivity contribution < 1.29 is 18.3 Å². The lowest BCUT2D eigenvalue weighted by Crippen LogP contribution is -2.41. The number of carboxylic acid groups (broad SMARTS) is 1. The highest BCUT2D eigenvalue weighted by Gasteiger charge is 2.29. The second-order valence-corrected chi connectivity index (χ2v) is 18.9. The first-order valence-electron chi connectivity index (χ1n) is 21.3.